The maximum absolute atomic E-state index is 12.2. The zero-order chi connectivity index (χ0) is 14.2. The molecule has 2 aliphatic rings. The van der Waals surface area contributed by atoms with E-state index in [1.807, 2.05) is 0 Å². The number of aliphatic carboxylic acids is 1. The first-order valence-corrected chi connectivity index (χ1v) is 6.92. The van der Waals surface area contributed by atoms with E-state index in [1.54, 1.807) is 7.11 Å². The lowest BCUT2D eigenvalue weighted by molar-refractivity contribution is -0.141. The van der Waals surface area contributed by atoms with Gasteiger partial charge in [-0.1, -0.05) is 13.8 Å². The van der Waals surface area contributed by atoms with E-state index in [-0.39, 0.29) is 35.3 Å². The number of carbonyl (C=O) groups excluding carboxylic acids is 1. The van der Waals surface area contributed by atoms with Crippen molar-refractivity contribution in [2.45, 2.75) is 51.7 Å². The summed E-state index contributed by atoms with van der Waals surface area (Å²) in [7, 11) is 1.69. The van der Waals surface area contributed by atoms with E-state index in [4.69, 9.17) is 9.84 Å². The van der Waals surface area contributed by atoms with Crippen LogP contribution in [-0.2, 0) is 14.3 Å². The Morgan fingerprint density at radius 1 is 1.21 bits per heavy atom. The molecule has 0 bridgehead atoms. The van der Waals surface area contributed by atoms with Crippen molar-refractivity contribution in [2.24, 2.45) is 17.3 Å². The van der Waals surface area contributed by atoms with Crippen LogP contribution < -0.4 is 5.32 Å². The van der Waals surface area contributed by atoms with Crippen molar-refractivity contribution in [3.05, 3.63) is 0 Å². The van der Waals surface area contributed by atoms with E-state index in [1.165, 1.54) is 0 Å². The number of ether oxygens (including phenoxy) is 1. The molecule has 2 unspecified atom stereocenters. The predicted octanol–water partition coefficient (Wildman–Crippen LogP) is 1.42. The Morgan fingerprint density at radius 3 is 2.32 bits per heavy atom. The van der Waals surface area contributed by atoms with Crippen molar-refractivity contribution in [2.75, 3.05) is 7.11 Å². The Labute approximate surface area is 113 Å². The highest BCUT2D eigenvalue weighted by molar-refractivity contribution is 5.81. The van der Waals surface area contributed by atoms with Crippen LogP contribution in [0, 0.1) is 17.3 Å². The molecule has 5 heteroatoms. The van der Waals surface area contributed by atoms with Gasteiger partial charge in [0.25, 0.3) is 0 Å². The summed E-state index contributed by atoms with van der Waals surface area (Å²) in [5, 5.41) is 12.0. The molecule has 2 rings (SSSR count). The second-order valence-electron chi connectivity index (χ2n) is 6.39. The number of hydrogen-bond acceptors (Lipinski definition) is 3. The summed E-state index contributed by atoms with van der Waals surface area (Å²) < 4.78 is 5.36. The van der Waals surface area contributed by atoms with Gasteiger partial charge in [-0.25, -0.2) is 0 Å². The molecule has 0 radical (unpaired) electrons. The molecule has 0 saturated heterocycles. The molecule has 0 aliphatic heterocycles. The second kappa shape index (κ2) is 5.12. The highest BCUT2D eigenvalue weighted by atomic mass is 16.5. The van der Waals surface area contributed by atoms with Crippen LogP contribution >= 0.6 is 0 Å². The van der Waals surface area contributed by atoms with Crippen molar-refractivity contribution in [1.82, 2.24) is 5.32 Å². The maximum atomic E-state index is 12.2. The first-order chi connectivity index (χ1) is 8.86. The average Bonchev–Trinajstić information content (AvgIpc) is 2.83. The largest absolute Gasteiger partial charge is 0.481 e. The molecule has 108 valence electrons. The van der Waals surface area contributed by atoms with E-state index in [9.17, 15) is 9.59 Å². The molecular weight excluding hydrogens is 246 g/mol. The van der Waals surface area contributed by atoms with Gasteiger partial charge in [0.15, 0.2) is 0 Å². The molecule has 1 amide bonds. The molecule has 4 atom stereocenters. The van der Waals surface area contributed by atoms with Gasteiger partial charge in [0.1, 0.15) is 0 Å². The fourth-order valence-electron chi connectivity index (χ4n) is 3.26. The summed E-state index contributed by atoms with van der Waals surface area (Å²) in [4.78, 5) is 23.1. The van der Waals surface area contributed by atoms with Crippen molar-refractivity contribution >= 4 is 11.9 Å². The fourth-order valence-corrected chi connectivity index (χ4v) is 3.26. The topological polar surface area (TPSA) is 75.6 Å². The van der Waals surface area contributed by atoms with Gasteiger partial charge in [0.05, 0.1) is 12.0 Å². The molecular formula is C14H23NO4. The van der Waals surface area contributed by atoms with E-state index in [2.05, 4.69) is 19.2 Å². The molecule has 2 saturated carbocycles. The number of carboxylic acid groups (broad SMARTS) is 1. The summed E-state index contributed by atoms with van der Waals surface area (Å²) in [6, 6.07) is 0.133. The lowest BCUT2D eigenvalue weighted by Gasteiger charge is -2.51. The minimum Gasteiger partial charge on any atom is -0.481 e. The molecule has 2 N–H and O–H groups in total. The highest BCUT2D eigenvalue weighted by Crippen LogP contribution is 2.43. The van der Waals surface area contributed by atoms with Crippen LogP contribution in [0.5, 0.6) is 0 Å². The lowest BCUT2D eigenvalue weighted by Crippen LogP contribution is -2.62. The molecule has 5 nitrogen and oxygen atoms in total. The van der Waals surface area contributed by atoms with Crippen LogP contribution in [0.25, 0.3) is 0 Å². The third kappa shape index (κ3) is 2.61. The summed E-state index contributed by atoms with van der Waals surface area (Å²) in [6.07, 6.45) is 2.80. The minimum atomic E-state index is -0.779. The summed E-state index contributed by atoms with van der Waals surface area (Å²) in [5.74, 6) is -1.26. The Kier molecular flexibility index (Phi) is 3.85. The van der Waals surface area contributed by atoms with Crippen LogP contribution in [0.1, 0.15) is 39.5 Å². The average molecular weight is 269 g/mol. The molecule has 0 spiro atoms. The summed E-state index contributed by atoms with van der Waals surface area (Å²) in [5.41, 5.74) is -0.0464. The van der Waals surface area contributed by atoms with Crippen molar-refractivity contribution < 1.29 is 19.4 Å². The third-order valence-electron chi connectivity index (χ3n) is 4.93. The predicted molar refractivity (Wildman–Crippen MR) is 69.6 cm³/mol. The van der Waals surface area contributed by atoms with E-state index in [0.717, 1.165) is 6.42 Å². The number of nitrogens with one attached hydrogen (secondary N) is 1. The highest BCUT2D eigenvalue weighted by Gasteiger charge is 2.49. The zero-order valence-electron chi connectivity index (χ0n) is 11.8. The molecule has 0 aromatic carbocycles. The lowest BCUT2D eigenvalue weighted by atomic mass is 9.64. The van der Waals surface area contributed by atoms with Gasteiger partial charge in [-0.05, 0) is 25.7 Å². The van der Waals surface area contributed by atoms with Crippen LogP contribution in [0.2, 0.25) is 0 Å². The van der Waals surface area contributed by atoms with Crippen LogP contribution in [0.3, 0.4) is 0 Å². The monoisotopic (exact) mass is 269 g/mol. The fraction of sp³-hybridized carbons (Fsp3) is 0.857. The molecule has 2 fully saturated rings. The Balaban J connectivity index is 1.85. The van der Waals surface area contributed by atoms with Crippen molar-refractivity contribution in [1.29, 1.82) is 0 Å². The van der Waals surface area contributed by atoms with Gasteiger partial charge >= 0.3 is 5.97 Å². The van der Waals surface area contributed by atoms with E-state index < -0.39 is 5.97 Å². The van der Waals surface area contributed by atoms with Crippen LogP contribution in [-0.4, -0.2) is 36.2 Å². The smallest absolute Gasteiger partial charge is 0.306 e. The molecule has 0 aromatic rings. The van der Waals surface area contributed by atoms with Crippen LogP contribution in [0.4, 0.5) is 0 Å². The first kappa shape index (κ1) is 14.3. The standard InChI is InChI=1S/C14H23NO4/c1-14(2)10(7-11(14)19-3)15-12(16)8-4-5-9(6-8)13(17)18/h8-11H,4-7H2,1-3H3,(H,15,16)(H,17,18)/t8-,9+,10?,11?/m1/s1. The maximum Gasteiger partial charge on any atom is 0.306 e. The molecule has 2 aliphatic carbocycles. The van der Waals surface area contributed by atoms with E-state index in [0.29, 0.717) is 19.3 Å². The number of carboxylic acids is 1. The Morgan fingerprint density at radius 2 is 1.84 bits per heavy atom. The van der Waals surface area contributed by atoms with Gasteiger partial charge in [-0.15, -0.1) is 0 Å². The molecule has 0 heterocycles. The first-order valence-electron chi connectivity index (χ1n) is 6.92. The van der Waals surface area contributed by atoms with Gasteiger partial charge in [0, 0.05) is 24.5 Å². The molecule has 0 aromatic heterocycles. The second-order valence-corrected chi connectivity index (χ2v) is 6.39. The van der Waals surface area contributed by atoms with Crippen molar-refractivity contribution in [3.8, 4) is 0 Å². The van der Waals surface area contributed by atoms with Crippen LogP contribution in [0.15, 0.2) is 0 Å². The van der Waals surface area contributed by atoms with Crippen molar-refractivity contribution in [3.63, 3.8) is 0 Å². The third-order valence-corrected chi connectivity index (χ3v) is 4.93. The quantitative estimate of drug-likeness (QED) is 0.809. The summed E-state index contributed by atoms with van der Waals surface area (Å²) in [6.45, 7) is 4.18. The number of amides is 1. The number of methoxy groups -OCH3 is 1. The number of hydrogen-bond donors (Lipinski definition) is 2. The summed E-state index contributed by atoms with van der Waals surface area (Å²) >= 11 is 0. The van der Waals surface area contributed by atoms with E-state index >= 15 is 0 Å². The zero-order valence-corrected chi connectivity index (χ0v) is 11.8. The Bertz CT molecular complexity index is 380. The molecule has 19 heavy (non-hydrogen) atoms. The van der Waals surface area contributed by atoms with Gasteiger partial charge in [-0.3, -0.25) is 9.59 Å². The SMILES string of the molecule is COC1CC(NC(=O)[C@@H]2CC[C@H](C(=O)O)C2)C1(C)C. The number of carbonyl (C=O) groups is 2. The van der Waals surface area contributed by atoms with Gasteiger partial charge < -0.3 is 15.2 Å². The normalized spacial score (nSPS) is 36.6. The van der Waals surface area contributed by atoms with Gasteiger partial charge in [-0.2, -0.15) is 0 Å². The number of rotatable bonds is 4. The minimum absolute atomic E-state index is 0.0105. The Hall–Kier alpha value is -1.10. The van der Waals surface area contributed by atoms with Gasteiger partial charge in [0.2, 0.25) is 5.91 Å².